The van der Waals surface area contributed by atoms with E-state index >= 15 is 0 Å². The summed E-state index contributed by atoms with van der Waals surface area (Å²) in [4.78, 5) is 3.65. The van der Waals surface area contributed by atoms with Gasteiger partial charge in [0.15, 0.2) is 0 Å². The minimum atomic E-state index is -2.57. The van der Waals surface area contributed by atoms with E-state index in [1.165, 1.54) is 12.3 Å². The lowest BCUT2D eigenvalue weighted by atomic mass is 10.1. The Morgan fingerprint density at radius 3 is 2.67 bits per heavy atom. The molecule has 0 unspecified atom stereocenters. The molecule has 1 heterocycles. The van der Waals surface area contributed by atoms with Crippen LogP contribution in [0.2, 0.25) is 0 Å². The molecule has 0 amide bonds. The Kier molecular flexibility index (Phi) is 2.70. The molecule has 1 aromatic rings. The highest BCUT2D eigenvalue weighted by Gasteiger charge is 2.15. The summed E-state index contributed by atoms with van der Waals surface area (Å²) >= 11 is 0. The van der Waals surface area contributed by atoms with Crippen molar-refractivity contribution in [2.45, 2.75) is 20.0 Å². The molecule has 0 aliphatic carbocycles. The van der Waals surface area contributed by atoms with Gasteiger partial charge in [-0.05, 0) is 18.6 Å². The SMILES string of the molecule is Cc1ccnc(CO)c1C(F)F. The van der Waals surface area contributed by atoms with E-state index in [-0.39, 0.29) is 11.3 Å². The molecule has 12 heavy (non-hydrogen) atoms. The van der Waals surface area contributed by atoms with Crippen LogP contribution in [0.1, 0.15) is 23.2 Å². The molecule has 0 fully saturated rings. The van der Waals surface area contributed by atoms with Crippen LogP contribution in [0, 0.1) is 6.92 Å². The van der Waals surface area contributed by atoms with Crippen LogP contribution in [-0.4, -0.2) is 10.1 Å². The van der Waals surface area contributed by atoms with Crippen molar-refractivity contribution in [3.63, 3.8) is 0 Å². The number of alkyl halides is 2. The van der Waals surface area contributed by atoms with Gasteiger partial charge in [-0.25, -0.2) is 8.78 Å². The highest BCUT2D eigenvalue weighted by atomic mass is 19.3. The lowest BCUT2D eigenvalue weighted by Gasteiger charge is -2.07. The minimum Gasteiger partial charge on any atom is -0.390 e. The van der Waals surface area contributed by atoms with E-state index < -0.39 is 13.0 Å². The summed E-state index contributed by atoms with van der Waals surface area (Å²) in [5.74, 6) is 0. The van der Waals surface area contributed by atoms with Crippen LogP contribution in [0.25, 0.3) is 0 Å². The van der Waals surface area contributed by atoms with E-state index in [0.717, 1.165) is 0 Å². The summed E-state index contributed by atoms with van der Waals surface area (Å²) in [6.45, 7) is 1.13. The highest BCUT2D eigenvalue weighted by molar-refractivity contribution is 5.29. The maximum Gasteiger partial charge on any atom is 0.265 e. The topological polar surface area (TPSA) is 33.1 Å². The van der Waals surface area contributed by atoms with Gasteiger partial charge in [-0.15, -0.1) is 0 Å². The fraction of sp³-hybridized carbons (Fsp3) is 0.375. The average molecular weight is 173 g/mol. The number of halogens is 2. The Bertz CT molecular complexity index is 276. The Hall–Kier alpha value is -1.03. The molecule has 0 bridgehead atoms. The lowest BCUT2D eigenvalue weighted by molar-refractivity contribution is 0.145. The van der Waals surface area contributed by atoms with Gasteiger partial charge in [0.05, 0.1) is 12.3 Å². The number of nitrogens with zero attached hydrogens (tertiary/aromatic N) is 1. The molecule has 0 aromatic carbocycles. The zero-order chi connectivity index (χ0) is 9.14. The number of aryl methyl sites for hydroxylation is 1. The predicted molar refractivity (Wildman–Crippen MR) is 39.9 cm³/mol. The van der Waals surface area contributed by atoms with Crippen molar-refractivity contribution in [1.29, 1.82) is 0 Å². The maximum atomic E-state index is 12.3. The lowest BCUT2D eigenvalue weighted by Crippen LogP contribution is -2.00. The molecule has 1 aromatic heterocycles. The van der Waals surface area contributed by atoms with Crippen LogP contribution >= 0.6 is 0 Å². The molecule has 66 valence electrons. The van der Waals surface area contributed by atoms with Crippen LogP contribution in [0.15, 0.2) is 12.3 Å². The predicted octanol–water partition coefficient (Wildman–Crippen LogP) is 1.82. The minimum absolute atomic E-state index is 0.0602. The number of hydrogen-bond acceptors (Lipinski definition) is 2. The van der Waals surface area contributed by atoms with Crippen molar-refractivity contribution >= 4 is 0 Å². The second-order valence-electron chi connectivity index (χ2n) is 2.45. The monoisotopic (exact) mass is 173 g/mol. The number of aromatic nitrogens is 1. The molecular weight excluding hydrogens is 164 g/mol. The summed E-state index contributed by atoms with van der Waals surface area (Å²) in [6, 6.07) is 1.50. The fourth-order valence-corrected chi connectivity index (χ4v) is 1.05. The second-order valence-corrected chi connectivity index (χ2v) is 2.45. The van der Waals surface area contributed by atoms with Crippen molar-refractivity contribution in [1.82, 2.24) is 4.98 Å². The number of rotatable bonds is 2. The summed E-state index contributed by atoms with van der Waals surface area (Å²) < 4.78 is 24.6. The number of pyridine rings is 1. The van der Waals surface area contributed by atoms with Crippen molar-refractivity contribution in [2.75, 3.05) is 0 Å². The van der Waals surface area contributed by atoms with Crippen molar-refractivity contribution in [3.05, 3.63) is 29.1 Å². The molecule has 0 saturated carbocycles. The van der Waals surface area contributed by atoms with Crippen LogP contribution in [-0.2, 0) is 6.61 Å². The number of aliphatic hydroxyl groups is 1. The number of aliphatic hydroxyl groups excluding tert-OH is 1. The van der Waals surface area contributed by atoms with Crippen molar-refractivity contribution < 1.29 is 13.9 Å². The third kappa shape index (κ3) is 1.58. The quantitative estimate of drug-likeness (QED) is 0.739. The molecular formula is C8H9F2NO. The summed E-state index contributed by atoms with van der Waals surface area (Å²) in [6.07, 6.45) is -1.16. The van der Waals surface area contributed by atoms with Gasteiger partial charge in [0.25, 0.3) is 6.43 Å². The second kappa shape index (κ2) is 3.58. The molecule has 2 nitrogen and oxygen atoms in total. The standard InChI is InChI=1S/C8H9F2NO/c1-5-2-3-11-6(4-12)7(5)8(9)10/h2-3,8,12H,4H2,1H3. The Morgan fingerprint density at radius 1 is 1.58 bits per heavy atom. The molecule has 0 aliphatic heterocycles. The molecule has 0 saturated heterocycles. The molecule has 1 N–H and O–H groups in total. The first-order valence-electron chi connectivity index (χ1n) is 3.50. The van der Waals surface area contributed by atoms with E-state index in [0.29, 0.717) is 5.56 Å². The van der Waals surface area contributed by atoms with Gasteiger partial charge in [0, 0.05) is 11.8 Å². The van der Waals surface area contributed by atoms with E-state index in [2.05, 4.69) is 4.98 Å². The van der Waals surface area contributed by atoms with Crippen LogP contribution in [0.5, 0.6) is 0 Å². The van der Waals surface area contributed by atoms with Crippen LogP contribution < -0.4 is 0 Å². The van der Waals surface area contributed by atoms with Crippen molar-refractivity contribution in [2.24, 2.45) is 0 Å². The van der Waals surface area contributed by atoms with Gasteiger partial charge < -0.3 is 5.11 Å². The normalized spacial score (nSPS) is 10.8. The fourth-order valence-electron chi connectivity index (χ4n) is 1.05. The zero-order valence-electron chi connectivity index (χ0n) is 6.59. The van der Waals surface area contributed by atoms with E-state index in [1.807, 2.05) is 0 Å². The Morgan fingerprint density at radius 2 is 2.25 bits per heavy atom. The van der Waals surface area contributed by atoms with Crippen LogP contribution in [0.4, 0.5) is 8.78 Å². The van der Waals surface area contributed by atoms with Crippen LogP contribution in [0.3, 0.4) is 0 Å². The van der Waals surface area contributed by atoms with Gasteiger partial charge in [-0.2, -0.15) is 0 Å². The largest absolute Gasteiger partial charge is 0.390 e. The third-order valence-corrected chi connectivity index (χ3v) is 1.66. The molecule has 0 aliphatic rings. The molecule has 0 spiro atoms. The van der Waals surface area contributed by atoms with E-state index in [9.17, 15) is 8.78 Å². The first-order chi connectivity index (χ1) is 5.66. The molecule has 0 radical (unpaired) electrons. The van der Waals surface area contributed by atoms with Gasteiger partial charge in [-0.3, -0.25) is 4.98 Å². The molecule has 4 heteroatoms. The van der Waals surface area contributed by atoms with Gasteiger partial charge in [0.2, 0.25) is 0 Å². The average Bonchev–Trinajstić information content (AvgIpc) is 2.03. The Balaban J connectivity index is 3.20. The van der Waals surface area contributed by atoms with E-state index in [4.69, 9.17) is 5.11 Å². The highest BCUT2D eigenvalue weighted by Crippen LogP contribution is 2.24. The van der Waals surface area contributed by atoms with Crippen molar-refractivity contribution in [3.8, 4) is 0 Å². The Labute approximate surface area is 68.9 Å². The smallest absolute Gasteiger partial charge is 0.265 e. The third-order valence-electron chi connectivity index (χ3n) is 1.66. The van der Waals surface area contributed by atoms with Gasteiger partial charge in [0.1, 0.15) is 0 Å². The van der Waals surface area contributed by atoms with Gasteiger partial charge in [-0.1, -0.05) is 0 Å². The van der Waals surface area contributed by atoms with Gasteiger partial charge >= 0.3 is 0 Å². The summed E-state index contributed by atoms with van der Waals surface area (Å²) in [7, 11) is 0. The molecule has 1 rings (SSSR count). The summed E-state index contributed by atoms with van der Waals surface area (Å²) in [5.41, 5.74) is 0.369. The zero-order valence-corrected chi connectivity index (χ0v) is 6.59. The number of hydrogen-bond donors (Lipinski definition) is 1. The van der Waals surface area contributed by atoms with E-state index in [1.54, 1.807) is 6.92 Å². The molecule has 0 atom stereocenters. The maximum absolute atomic E-state index is 12.3. The first-order valence-corrected chi connectivity index (χ1v) is 3.50. The first kappa shape index (κ1) is 9.06. The summed E-state index contributed by atoms with van der Waals surface area (Å²) in [5, 5.41) is 8.70.